The van der Waals surface area contributed by atoms with Gasteiger partial charge in [0.25, 0.3) is 0 Å². The van der Waals surface area contributed by atoms with Crippen molar-refractivity contribution in [3.8, 4) is 0 Å². The zero-order valence-corrected chi connectivity index (χ0v) is 11.7. The van der Waals surface area contributed by atoms with Crippen LogP contribution in [0.5, 0.6) is 0 Å². The first-order chi connectivity index (χ1) is 9.59. The first kappa shape index (κ1) is 16.2. The summed E-state index contributed by atoms with van der Waals surface area (Å²) >= 11 is 0. The third-order valence-corrected chi connectivity index (χ3v) is 2.82. The molecule has 0 fully saturated rings. The van der Waals surface area contributed by atoms with Gasteiger partial charge in [-0.25, -0.2) is 0 Å². The highest BCUT2D eigenvalue weighted by Crippen LogP contribution is 2.00. The van der Waals surface area contributed by atoms with E-state index in [1.165, 1.54) is 12.5 Å². The van der Waals surface area contributed by atoms with Crippen LogP contribution in [0.2, 0.25) is 0 Å². The average Bonchev–Trinajstić information content (AvgIpc) is 2.43. The van der Waals surface area contributed by atoms with Gasteiger partial charge >= 0.3 is 5.97 Å². The van der Waals surface area contributed by atoms with Gasteiger partial charge in [-0.1, -0.05) is 30.3 Å². The maximum Gasteiger partial charge on any atom is 0.325 e. The van der Waals surface area contributed by atoms with Crippen molar-refractivity contribution in [1.29, 1.82) is 0 Å². The SMILES string of the molecule is CC(NC(=O)CCCOCCc1ccccc1)C(=O)O. The molecule has 0 aliphatic carbocycles. The molecule has 1 rings (SSSR count). The third kappa shape index (κ3) is 6.89. The largest absolute Gasteiger partial charge is 0.480 e. The maximum absolute atomic E-state index is 11.4. The van der Waals surface area contributed by atoms with Gasteiger partial charge in [0.15, 0.2) is 0 Å². The van der Waals surface area contributed by atoms with E-state index < -0.39 is 12.0 Å². The molecule has 0 bridgehead atoms. The third-order valence-electron chi connectivity index (χ3n) is 2.82. The van der Waals surface area contributed by atoms with Gasteiger partial charge in [0, 0.05) is 13.0 Å². The second kappa shape index (κ2) is 9.09. The Bertz CT molecular complexity index is 419. The summed E-state index contributed by atoms with van der Waals surface area (Å²) in [6.45, 7) is 2.56. The van der Waals surface area contributed by atoms with Crippen LogP contribution < -0.4 is 5.32 Å². The molecular formula is C15H21NO4. The summed E-state index contributed by atoms with van der Waals surface area (Å²) in [5, 5.41) is 11.0. The maximum atomic E-state index is 11.4. The first-order valence-electron chi connectivity index (χ1n) is 6.73. The predicted molar refractivity (Wildman–Crippen MR) is 75.4 cm³/mol. The van der Waals surface area contributed by atoms with Gasteiger partial charge in [-0.15, -0.1) is 0 Å². The molecule has 20 heavy (non-hydrogen) atoms. The van der Waals surface area contributed by atoms with E-state index in [0.717, 1.165) is 6.42 Å². The summed E-state index contributed by atoms with van der Waals surface area (Å²) in [6, 6.07) is 9.20. The molecule has 0 aliphatic heterocycles. The number of carbonyl (C=O) groups is 2. The van der Waals surface area contributed by atoms with Crippen LogP contribution in [0.1, 0.15) is 25.3 Å². The Kier molecular flexibility index (Phi) is 7.35. The number of aliphatic carboxylic acids is 1. The van der Waals surface area contributed by atoms with Gasteiger partial charge in [0.05, 0.1) is 6.61 Å². The zero-order chi connectivity index (χ0) is 14.8. The van der Waals surface area contributed by atoms with Crippen LogP contribution in [0.4, 0.5) is 0 Å². The normalized spacial score (nSPS) is 11.8. The van der Waals surface area contributed by atoms with E-state index in [1.807, 2.05) is 30.3 Å². The first-order valence-corrected chi connectivity index (χ1v) is 6.73. The monoisotopic (exact) mass is 279 g/mol. The van der Waals surface area contributed by atoms with Crippen LogP contribution in [0, 0.1) is 0 Å². The molecule has 0 spiro atoms. The van der Waals surface area contributed by atoms with Crippen molar-refractivity contribution in [2.45, 2.75) is 32.2 Å². The Hall–Kier alpha value is -1.88. The summed E-state index contributed by atoms with van der Waals surface area (Å²) in [7, 11) is 0. The fourth-order valence-corrected chi connectivity index (χ4v) is 1.65. The van der Waals surface area contributed by atoms with Gasteiger partial charge in [-0.3, -0.25) is 9.59 Å². The van der Waals surface area contributed by atoms with E-state index in [0.29, 0.717) is 19.6 Å². The number of amides is 1. The topological polar surface area (TPSA) is 75.6 Å². The molecule has 1 aromatic carbocycles. The molecule has 110 valence electrons. The second-order valence-electron chi connectivity index (χ2n) is 4.58. The predicted octanol–water partition coefficient (Wildman–Crippen LogP) is 1.62. The molecule has 5 nitrogen and oxygen atoms in total. The van der Waals surface area contributed by atoms with E-state index >= 15 is 0 Å². The highest BCUT2D eigenvalue weighted by Gasteiger charge is 2.13. The van der Waals surface area contributed by atoms with Crippen molar-refractivity contribution >= 4 is 11.9 Å². The average molecular weight is 279 g/mol. The number of hydrogen-bond acceptors (Lipinski definition) is 3. The van der Waals surface area contributed by atoms with Crippen LogP contribution in [0.15, 0.2) is 30.3 Å². The molecule has 1 aromatic rings. The van der Waals surface area contributed by atoms with E-state index in [2.05, 4.69) is 5.32 Å². The number of hydrogen-bond donors (Lipinski definition) is 2. The standard InChI is InChI=1S/C15H21NO4/c1-12(15(18)19)16-14(17)8-5-10-20-11-9-13-6-3-2-4-7-13/h2-4,6-7,12H,5,8-11H2,1H3,(H,16,17)(H,18,19). The number of benzene rings is 1. The van der Waals surface area contributed by atoms with Crippen molar-refractivity contribution in [3.05, 3.63) is 35.9 Å². The molecule has 5 heteroatoms. The molecule has 0 radical (unpaired) electrons. The quantitative estimate of drug-likeness (QED) is 0.673. The van der Waals surface area contributed by atoms with Crippen LogP contribution in [0.25, 0.3) is 0 Å². The van der Waals surface area contributed by atoms with Crippen molar-refractivity contribution in [1.82, 2.24) is 5.32 Å². The smallest absolute Gasteiger partial charge is 0.325 e. The molecule has 0 heterocycles. The molecular weight excluding hydrogens is 258 g/mol. The van der Waals surface area contributed by atoms with Crippen molar-refractivity contribution in [2.75, 3.05) is 13.2 Å². The summed E-state index contributed by atoms with van der Waals surface area (Å²) in [4.78, 5) is 21.9. The number of carboxylic acid groups (broad SMARTS) is 1. The fourth-order valence-electron chi connectivity index (χ4n) is 1.65. The van der Waals surface area contributed by atoms with Gasteiger partial charge in [-0.2, -0.15) is 0 Å². The number of rotatable bonds is 9. The summed E-state index contributed by atoms with van der Waals surface area (Å²) in [6.07, 6.45) is 1.72. The van der Waals surface area contributed by atoms with Crippen LogP contribution >= 0.6 is 0 Å². The Morgan fingerprint density at radius 3 is 2.60 bits per heavy atom. The van der Waals surface area contributed by atoms with Gasteiger partial charge < -0.3 is 15.2 Å². The van der Waals surface area contributed by atoms with Crippen LogP contribution in [-0.4, -0.2) is 36.2 Å². The number of carbonyl (C=O) groups excluding carboxylic acids is 1. The number of carboxylic acids is 1. The lowest BCUT2D eigenvalue weighted by molar-refractivity contribution is -0.141. The zero-order valence-electron chi connectivity index (χ0n) is 11.7. The molecule has 0 saturated carbocycles. The Balaban J connectivity index is 2.02. The van der Waals surface area contributed by atoms with E-state index in [1.54, 1.807) is 0 Å². The highest BCUT2D eigenvalue weighted by molar-refractivity contribution is 5.83. The fraction of sp³-hybridized carbons (Fsp3) is 0.467. The highest BCUT2D eigenvalue weighted by atomic mass is 16.5. The summed E-state index contributed by atoms with van der Waals surface area (Å²) < 4.78 is 5.44. The molecule has 2 N–H and O–H groups in total. The minimum absolute atomic E-state index is 0.258. The van der Waals surface area contributed by atoms with E-state index in [4.69, 9.17) is 9.84 Å². The van der Waals surface area contributed by atoms with Crippen LogP contribution in [-0.2, 0) is 20.7 Å². The lowest BCUT2D eigenvalue weighted by Gasteiger charge is -2.09. The summed E-state index contributed by atoms with van der Waals surface area (Å²) in [5.41, 5.74) is 1.22. The molecule has 0 aromatic heterocycles. The number of nitrogens with one attached hydrogen (secondary N) is 1. The Morgan fingerprint density at radius 2 is 1.95 bits per heavy atom. The molecule has 0 aliphatic rings. The van der Waals surface area contributed by atoms with Gasteiger partial charge in [0.2, 0.25) is 5.91 Å². The Morgan fingerprint density at radius 1 is 1.25 bits per heavy atom. The van der Waals surface area contributed by atoms with E-state index in [9.17, 15) is 9.59 Å². The van der Waals surface area contributed by atoms with Crippen molar-refractivity contribution < 1.29 is 19.4 Å². The minimum atomic E-state index is -1.03. The van der Waals surface area contributed by atoms with Gasteiger partial charge in [0.1, 0.15) is 6.04 Å². The second-order valence-corrected chi connectivity index (χ2v) is 4.58. The molecule has 1 unspecified atom stereocenters. The lowest BCUT2D eigenvalue weighted by Crippen LogP contribution is -2.38. The molecule has 0 saturated heterocycles. The minimum Gasteiger partial charge on any atom is -0.480 e. The summed E-state index contributed by atoms with van der Waals surface area (Å²) in [5.74, 6) is -1.29. The van der Waals surface area contributed by atoms with Crippen LogP contribution in [0.3, 0.4) is 0 Å². The number of ether oxygens (including phenoxy) is 1. The van der Waals surface area contributed by atoms with Crippen molar-refractivity contribution in [3.63, 3.8) is 0 Å². The molecule has 1 atom stereocenters. The lowest BCUT2D eigenvalue weighted by atomic mass is 10.2. The molecule has 1 amide bonds. The van der Waals surface area contributed by atoms with Gasteiger partial charge in [-0.05, 0) is 25.3 Å². The van der Waals surface area contributed by atoms with E-state index in [-0.39, 0.29) is 12.3 Å². The Labute approximate surface area is 118 Å². The van der Waals surface area contributed by atoms with Crippen molar-refractivity contribution in [2.24, 2.45) is 0 Å².